The Balaban J connectivity index is 1.12. The highest BCUT2D eigenvalue weighted by molar-refractivity contribution is 5.79. The van der Waals surface area contributed by atoms with Gasteiger partial charge in [-0.05, 0) is 97.2 Å². The van der Waals surface area contributed by atoms with Crippen molar-refractivity contribution in [3.05, 3.63) is 11.6 Å². The minimum atomic E-state index is -1.96. The maximum atomic E-state index is 13.9. The number of rotatable bonds is 11. The van der Waals surface area contributed by atoms with Crippen LogP contribution in [0.1, 0.15) is 99.3 Å². The van der Waals surface area contributed by atoms with E-state index in [4.69, 9.17) is 33.2 Å². The highest BCUT2D eigenvalue weighted by Gasteiger charge is 2.72. The molecule has 3 aliphatic heterocycles. The van der Waals surface area contributed by atoms with E-state index in [1.54, 1.807) is 0 Å². The molecule has 69 heavy (non-hydrogen) atoms. The van der Waals surface area contributed by atoms with Gasteiger partial charge in [0.05, 0.1) is 44.6 Å². The molecule has 0 aromatic rings. The first-order valence-corrected chi connectivity index (χ1v) is 24.8. The highest BCUT2D eigenvalue weighted by Crippen LogP contribution is 2.76. The molecule has 3 heterocycles. The molecule has 25 atom stereocenters. The second-order valence-electron chi connectivity index (χ2n) is 23.4. The standard InChI is InChI=1S/C49H78O20/c1-44(2)14-15-49(43(62)63-7)23(16-44)22-8-9-28-45(3)12-11-30(46(4,21-53)27(45)10-13-47(28,5)48(22,6)17-29(49)54)67-42-39(69-41-37(61)35(59)32(56)25(19-51)65-41)38(33(57)26(20-52)66-42)68-40-36(60)34(58)31(55)24(18-50)64-40/h8,21,23-42,50-52,54-61H,9-20H2,1-7H3/t23-,24+,25+,26+,27+,28+,29+,30-,31+,32-,33+,34-,35-,36+,37+,38-,39+,40-,41-,42-,45-,46-,47+,48+,49+/m0/s1. The number of aliphatic hydroxyl groups excluding tert-OH is 11. The monoisotopic (exact) mass is 987 g/mol. The molecule has 0 unspecified atom stereocenters. The van der Waals surface area contributed by atoms with Crippen LogP contribution in [0.25, 0.3) is 0 Å². The van der Waals surface area contributed by atoms with Gasteiger partial charge in [-0.25, -0.2) is 0 Å². The number of carbonyl (C=O) groups excluding carboxylic acids is 2. The van der Waals surface area contributed by atoms with Gasteiger partial charge in [0.15, 0.2) is 18.9 Å². The summed E-state index contributed by atoms with van der Waals surface area (Å²) in [6.45, 7) is 10.6. The average Bonchev–Trinajstić information content (AvgIpc) is 3.31. The van der Waals surface area contributed by atoms with Crippen LogP contribution < -0.4 is 0 Å². The number of carbonyl (C=O) groups is 2. The van der Waals surface area contributed by atoms with Crippen molar-refractivity contribution >= 4 is 12.3 Å². The summed E-state index contributed by atoms with van der Waals surface area (Å²) in [7, 11) is 1.39. The number of methoxy groups -OCH3 is 1. The molecule has 3 saturated heterocycles. The molecule has 20 heteroatoms. The van der Waals surface area contributed by atoms with Gasteiger partial charge in [-0.15, -0.1) is 0 Å². The lowest BCUT2D eigenvalue weighted by Gasteiger charge is -2.71. The zero-order valence-electron chi connectivity index (χ0n) is 40.8. The van der Waals surface area contributed by atoms with E-state index in [2.05, 4.69) is 40.7 Å². The molecule has 11 N–H and O–H groups in total. The van der Waals surface area contributed by atoms with Gasteiger partial charge in [-0.2, -0.15) is 0 Å². The van der Waals surface area contributed by atoms with Crippen molar-refractivity contribution in [2.45, 2.75) is 204 Å². The third-order valence-corrected chi connectivity index (χ3v) is 19.5. The van der Waals surface area contributed by atoms with Gasteiger partial charge in [-0.3, -0.25) is 4.79 Å². The van der Waals surface area contributed by atoms with E-state index in [-0.39, 0.29) is 34.6 Å². The van der Waals surface area contributed by atoms with Gasteiger partial charge < -0.3 is 94.1 Å². The molecule has 394 valence electrons. The third-order valence-electron chi connectivity index (χ3n) is 19.5. The summed E-state index contributed by atoms with van der Waals surface area (Å²) >= 11 is 0. The minimum Gasteiger partial charge on any atom is -0.468 e. The number of aliphatic hydroxyl groups is 11. The zero-order chi connectivity index (χ0) is 50.6. The lowest BCUT2D eigenvalue weighted by molar-refractivity contribution is -0.399. The van der Waals surface area contributed by atoms with E-state index >= 15 is 0 Å². The van der Waals surface area contributed by atoms with Gasteiger partial charge in [-0.1, -0.05) is 53.2 Å². The summed E-state index contributed by atoms with van der Waals surface area (Å²) in [6, 6.07) is 0. The quantitative estimate of drug-likeness (QED) is 0.0509. The Morgan fingerprint density at radius 1 is 0.652 bits per heavy atom. The van der Waals surface area contributed by atoms with Crippen molar-refractivity contribution in [2.75, 3.05) is 26.9 Å². The molecule has 7 fully saturated rings. The number of hydrogen-bond donors (Lipinski definition) is 11. The third kappa shape index (κ3) is 8.22. The Hall–Kier alpha value is -1.80. The first-order valence-electron chi connectivity index (χ1n) is 24.8. The SMILES string of the molecule is COC(=O)[C@]12CCC(C)(C)C[C@H]1C1=CC[C@@H]3[C@@]4(C)CC[C@H](O[C@@H]5O[C@H](CO)[C@@H](O)[C@H](O[C@@H]6O[C@H](CO)[C@@H](O)[C@H](O)[C@H]6O)[C@H]5O[C@@H]5O[C@H](CO)[C@H](O)[C@H](O)[C@H]5O)[C@@](C)(C=O)[C@@H]4CC[C@@]3(C)[C@]1(C)C[C@H]2O. The van der Waals surface area contributed by atoms with Crippen LogP contribution in [-0.4, -0.2) is 200 Å². The first-order chi connectivity index (χ1) is 32.4. The lowest BCUT2D eigenvalue weighted by atomic mass is 9.33. The Kier molecular flexibility index (Phi) is 14.9. The molecule has 0 aromatic heterocycles. The summed E-state index contributed by atoms with van der Waals surface area (Å²) in [5, 5.41) is 119. The maximum absolute atomic E-state index is 13.9. The van der Waals surface area contributed by atoms with Crippen LogP contribution in [0.3, 0.4) is 0 Å². The van der Waals surface area contributed by atoms with Crippen molar-refractivity contribution in [3.8, 4) is 0 Å². The molecule has 20 nitrogen and oxygen atoms in total. The summed E-state index contributed by atoms with van der Waals surface area (Å²) in [6.07, 6.45) is -19.7. The van der Waals surface area contributed by atoms with Gasteiger partial charge in [0.1, 0.15) is 84.9 Å². The molecule has 4 saturated carbocycles. The van der Waals surface area contributed by atoms with Crippen molar-refractivity contribution < 1.29 is 98.9 Å². The van der Waals surface area contributed by atoms with Crippen LogP contribution in [0, 0.1) is 50.2 Å². The molecule has 5 aliphatic carbocycles. The molecular weight excluding hydrogens is 909 g/mol. The summed E-state index contributed by atoms with van der Waals surface area (Å²) in [5.41, 5.74) is -2.42. The maximum Gasteiger partial charge on any atom is 0.315 e. The van der Waals surface area contributed by atoms with Gasteiger partial charge in [0, 0.05) is 0 Å². The molecule has 0 spiro atoms. The number of esters is 1. The van der Waals surface area contributed by atoms with Crippen LogP contribution in [-0.2, 0) is 42.7 Å². The second kappa shape index (κ2) is 19.2. The predicted octanol–water partition coefficient (Wildman–Crippen LogP) is -1.06. The minimum absolute atomic E-state index is 0.0329. The van der Waals surface area contributed by atoms with Crippen molar-refractivity contribution in [1.29, 1.82) is 0 Å². The van der Waals surface area contributed by atoms with Crippen LogP contribution in [0.4, 0.5) is 0 Å². The summed E-state index contributed by atoms with van der Waals surface area (Å²) in [4.78, 5) is 27.7. The van der Waals surface area contributed by atoms with Crippen molar-refractivity contribution in [1.82, 2.24) is 0 Å². The van der Waals surface area contributed by atoms with Crippen LogP contribution in [0.2, 0.25) is 0 Å². The van der Waals surface area contributed by atoms with Gasteiger partial charge in [0.2, 0.25) is 0 Å². The topological polar surface area (TPSA) is 321 Å². The molecule has 0 radical (unpaired) electrons. The fraction of sp³-hybridized carbons (Fsp3) is 0.918. The second-order valence-corrected chi connectivity index (χ2v) is 23.4. The van der Waals surface area contributed by atoms with Crippen molar-refractivity contribution in [3.63, 3.8) is 0 Å². The smallest absolute Gasteiger partial charge is 0.315 e. The Morgan fingerprint density at radius 3 is 1.75 bits per heavy atom. The Bertz CT molecular complexity index is 1900. The average molecular weight is 987 g/mol. The highest BCUT2D eigenvalue weighted by atomic mass is 16.8. The van der Waals surface area contributed by atoms with E-state index < -0.39 is 146 Å². The van der Waals surface area contributed by atoms with Crippen LogP contribution in [0.5, 0.6) is 0 Å². The van der Waals surface area contributed by atoms with E-state index in [1.165, 1.54) is 12.7 Å². The molecule has 8 aliphatic rings. The summed E-state index contributed by atoms with van der Waals surface area (Å²) in [5.74, 6) is -0.817. The largest absolute Gasteiger partial charge is 0.468 e. The molecular formula is C49H78O20. The van der Waals surface area contributed by atoms with Crippen LogP contribution >= 0.6 is 0 Å². The molecule has 0 aromatic carbocycles. The van der Waals surface area contributed by atoms with Gasteiger partial charge >= 0.3 is 5.97 Å². The number of hydrogen-bond acceptors (Lipinski definition) is 20. The lowest BCUT2D eigenvalue weighted by Crippen LogP contribution is -2.69. The van der Waals surface area contributed by atoms with E-state index in [9.17, 15) is 65.8 Å². The van der Waals surface area contributed by atoms with E-state index in [1.807, 2.05) is 6.92 Å². The van der Waals surface area contributed by atoms with E-state index in [0.29, 0.717) is 44.9 Å². The number of allylic oxidation sites excluding steroid dienone is 2. The first kappa shape index (κ1) is 53.5. The number of fused-ring (bicyclic) bond motifs is 7. The number of aldehydes is 1. The molecule has 0 amide bonds. The Labute approximate surface area is 402 Å². The normalized spacial score (nSPS) is 53.9. The van der Waals surface area contributed by atoms with Gasteiger partial charge in [0.25, 0.3) is 0 Å². The van der Waals surface area contributed by atoms with E-state index in [0.717, 1.165) is 19.1 Å². The Morgan fingerprint density at radius 2 is 1.20 bits per heavy atom. The molecule has 0 bridgehead atoms. The van der Waals surface area contributed by atoms with Crippen molar-refractivity contribution in [2.24, 2.45) is 50.2 Å². The van der Waals surface area contributed by atoms with Crippen LogP contribution in [0.15, 0.2) is 11.6 Å². The zero-order valence-corrected chi connectivity index (χ0v) is 40.8. The fourth-order valence-corrected chi connectivity index (χ4v) is 15.3. The number of ether oxygens (including phenoxy) is 7. The molecule has 8 rings (SSSR count). The summed E-state index contributed by atoms with van der Waals surface area (Å²) < 4.78 is 42.2. The fourth-order valence-electron chi connectivity index (χ4n) is 15.3. The predicted molar refractivity (Wildman–Crippen MR) is 237 cm³/mol.